The minimum atomic E-state index is -0.193. The molecule has 174 valence electrons. The first-order chi connectivity index (χ1) is 16.0. The maximum atomic E-state index is 12.4. The lowest BCUT2D eigenvalue weighted by Gasteiger charge is -2.22. The summed E-state index contributed by atoms with van der Waals surface area (Å²) in [7, 11) is 0. The number of hydrogen-bond acceptors (Lipinski definition) is 4. The lowest BCUT2D eigenvalue weighted by Crippen LogP contribution is -2.36. The van der Waals surface area contributed by atoms with Gasteiger partial charge >= 0.3 is 0 Å². The molecule has 0 heterocycles. The zero-order valence-electron chi connectivity index (χ0n) is 19.1. The summed E-state index contributed by atoms with van der Waals surface area (Å²) in [6.45, 7) is 2.00. The number of carbonyl (C=O) groups excluding carboxylic acids is 3. The Balaban J connectivity index is 1.26. The molecule has 2 saturated carbocycles. The van der Waals surface area contributed by atoms with E-state index in [2.05, 4.69) is 21.3 Å². The smallest absolute Gasteiger partial charge is 0.251 e. The normalized spacial score (nSPS) is 16.0. The van der Waals surface area contributed by atoms with Crippen LogP contribution in [0.2, 0.25) is 0 Å². The number of nitrogens with one attached hydrogen (secondary N) is 4. The van der Waals surface area contributed by atoms with Gasteiger partial charge in [-0.3, -0.25) is 14.4 Å². The number of hydrogen-bond donors (Lipinski definition) is 4. The first-order valence-corrected chi connectivity index (χ1v) is 11.8. The molecule has 0 unspecified atom stereocenters. The number of carbonyl (C=O) groups is 3. The van der Waals surface area contributed by atoms with Gasteiger partial charge in [0.2, 0.25) is 11.8 Å². The molecule has 0 atom stereocenters. The Morgan fingerprint density at radius 2 is 1.55 bits per heavy atom. The molecule has 0 radical (unpaired) electrons. The zero-order chi connectivity index (χ0) is 23.2. The van der Waals surface area contributed by atoms with Crippen LogP contribution in [0.1, 0.15) is 60.9 Å². The Morgan fingerprint density at radius 1 is 0.848 bits per heavy atom. The van der Waals surface area contributed by atoms with Gasteiger partial charge < -0.3 is 21.3 Å². The van der Waals surface area contributed by atoms with Crippen molar-refractivity contribution >= 4 is 34.8 Å². The van der Waals surface area contributed by atoms with E-state index in [1.54, 1.807) is 24.3 Å². The zero-order valence-corrected chi connectivity index (χ0v) is 19.1. The monoisotopic (exact) mass is 448 g/mol. The molecule has 2 fully saturated rings. The number of anilines is 3. The van der Waals surface area contributed by atoms with Crippen molar-refractivity contribution in [2.75, 3.05) is 22.5 Å². The number of rotatable bonds is 8. The average molecular weight is 449 g/mol. The Hall–Kier alpha value is -3.35. The van der Waals surface area contributed by atoms with Crippen LogP contribution in [-0.2, 0) is 9.59 Å². The highest BCUT2D eigenvalue weighted by atomic mass is 16.2. The predicted molar refractivity (Wildman–Crippen MR) is 130 cm³/mol. The Morgan fingerprint density at radius 3 is 2.24 bits per heavy atom. The van der Waals surface area contributed by atoms with Gasteiger partial charge in [-0.2, -0.15) is 0 Å². The second-order valence-electron chi connectivity index (χ2n) is 9.03. The van der Waals surface area contributed by atoms with Crippen LogP contribution in [0.3, 0.4) is 0 Å². The highest BCUT2D eigenvalue weighted by Crippen LogP contribution is 2.31. The van der Waals surface area contributed by atoms with Gasteiger partial charge in [-0.15, -0.1) is 0 Å². The van der Waals surface area contributed by atoms with E-state index in [0.717, 1.165) is 42.6 Å². The third-order valence-electron chi connectivity index (χ3n) is 6.35. The van der Waals surface area contributed by atoms with Crippen LogP contribution in [0.4, 0.5) is 17.1 Å². The fourth-order valence-corrected chi connectivity index (χ4v) is 4.14. The van der Waals surface area contributed by atoms with Crippen LogP contribution in [0.15, 0.2) is 42.5 Å². The molecular weight excluding hydrogens is 416 g/mol. The van der Waals surface area contributed by atoms with Crippen molar-refractivity contribution in [2.24, 2.45) is 5.92 Å². The van der Waals surface area contributed by atoms with Gasteiger partial charge in [0.05, 0.1) is 6.54 Å². The lowest BCUT2D eigenvalue weighted by atomic mass is 9.95. The summed E-state index contributed by atoms with van der Waals surface area (Å²) in [6, 6.07) is 12.8. The molecule has 33 heavy (non-hydrogen) atoms. The summed E-state index contributed by atoms with van der Waals surface area (Å²) in [5.41, 5.74) is 3.69. The highest BCUT2D eigenvalue weighted by Gasteiger charge is 2.29. The minimum Gasteiger partial charge on any atom is -0.376 e. The third-order valence-corrected chi connectivity index (χ3v) is 6.35. The van der Waals surface area contributed by atoms with E-state index in [1.165, 1.54) is 19.3 Å². The fraction of sp³-hybridized carbons (Fsp3) is 0.423. The molecule has 4 N–H and O–H groups in total. The molecule has 0 saturated heterocycles. The minimum absolute atomic E-state index is 0.0591. The highest BCUT2D eigenvalue weighted by molar-refractivity contribution is 5.97. The van der Waals surface area contributed by atoms with E-state index >= 15 is 0 Å². The van der Waals surface area contributed by atoms with Crippen LogP contribution >= 0.6 is 0 Å². The van der Waals surface area contributed by atoms with E-state index < -0.39 is 0 Å². The van der Waals surface area contributed by atoms with Crippen molar-refractivity contribution in [3.05, 3.63) is 53.6 Å². The molecule has 0 aliphatic heterocycles. The summed E-state index contributed by atoms with van der Waals surface area (Å²) >= 11 is 0. The van der Waals surface area contributed by atoms with Gasteiger partial charge in [-0.1, -0.05) is 25.3 Å². The molecule has 7 heteroatoms. The molecule has 4 rings (SSSR count). The Kier molecular flexibility index (Phi) is 7.27. The van der Waals surface area contributed by atoms with Crippen LogP contribution in [0.25, 0.3) is 0 Å². The van der Waals surface area contributed by atoms with E-state index in [-0.39, 0.29) is 36.2 Å². The standard InChI is InChI=1S/C26H32N4O3/c1-17-22(8-5-9-23(17)30-26(33)18-10-11-18)27-16-24(31)28-21-14-12-19(13-15-21)25(32)29-20-6-3-2-4-7-20/h5,8-9,12-15,18,20,27H,2-4,6-7,10-11,16H2,1H3,(H,28,31)(H,29,32)(H,30,33). The van der Waals surface area contributed by atoms with Gasteiger partial charge in [0.25, 0.3) is 5.91 Å². The van der Waals surface area contributed by atoms with Crippen molar-refractivity contribution in [1.82, 2.24) is 5.32 Å². The molecule has 2 aromatic carbocycles. The van der Waals surface area contributed by atoms with Crippen LogP contribution in [0, 0.1) is 12.8 Å². The summed E-state index contributed by atoms with van der Waals surface area (Å²) in [5, 5.41) is 12.1. The maximum Gasteiger partial charge on any atom is 0.251 e. The van der Waals surface area contributed by atoms with Crippen LogP contribution in [-0.4, -0.2) is 30.3 Å². The molecule has 0 bridgehead atoms. The maximum absolute atomic E-state index is 12.4. The Bertz CT molecular complexity index is 1010. The van der Waals surface area contributed by atoms with Gasteiger partial charge in [0.1, 0.15) is 0 Å². The van der Waals surface area contributed by atoms with Gasteiger partial charge in [-0.05, 0) is 74.6 Å². The summed E-state index contributed by atoms with van der Waals surface area (Å²) in [5.74, 6) is -0.0628. The first-order valence-electron chi connectivity index (χ1n) is 11.8. The van der Waals surface area contributed by atoms with Crippen molar-refractivity contribution in [3.8, 4) is 0 Å². The van der Waals surface area contributed by atoms with E-state index in [0.29, 0.717) is 11.3 Å². The Labute approximate surface area is 194 Å². The second kappa shape index (κ2) is 10.5. The molecule has 0 aromatic heterocycles. The number of benzene rings is 2. The van der Waals surface area contributed by atoms with E-state index in [9.17, 15) is 14.4 Å². The molecule has 3 amide bonds. The quantitative estimate of drug-likeness (QED) is 0.479. The van der Waals surface area contributed by atoms with E-state index in [1.807, 2.05) is 25.1 Å². The van der Waals surface area contributed by atoms with E-state index in [4.69, 9.17) is 0 Å². The second-order valence-corrected chi connectivity index (χ2v) is 9.03. The van der Waals surface area contributed by atoms with Gasteiger partial charge in [0, 0.05) is 34.6 Å². The van der Waals surface area contributed by atoms with Crippen molar-refractivity contribution < 1.29 is 14.4 Å². The molecule has 2 aliphatic carbocycles. The summed E-state index contributed by atoms with van der Waals surface area (Å²) in [6.07, 6.45) is 7.58. The van der Waals surface area contributed by atoms with Crippen molar-refractivity contribution in [3.63, 3.8) is 0 Å². The molecule has 2 aliphatic rings. The molecule has 2 aromatic rings. The average Bonchev–Trinajstić information content (AvgIpc) is 3.66. The first kappa shape index (κ1) is 22.8. The SMILES string of the molecule is Cc1c(NCC(=O)Nc2ccc(C(=O)NC3CCCCC3)cc2)cccc1NC(=O)C1CC1. The number of amides is 3. The topological polar surface area (TPSA) is 99.3 Å². The third kappa shape index (κ3) is 6.34. The van der Waals surface area contributed by atoms with Gasteiger partial charge in [-0.25, -0.2) is 0 Å². The largest absolute Gasteiger partial charge is 0.376 e. The molecular formula is C26H32N4O3. The van der Waals surface area contributed by atoms with Crippen molar-refractivity contribution in [1.29, 1.82) is 0 Å². The fourth-order valence-electron chi connectivity index (χ4n) is 4.14. The lowest BCUT2D eigenvalue weighted by molar-refractivity contribution is -0.117. The molecule has 7 nitrogen and oxygen atoms in total. The van der Waals surface area contributed by atoms with Gasteiger partial charge in [0.15, 0.2) is 0 Å². The molecule has 0 spiro atoms. The summed E-state index contributed by atoms with van der Waals surface area (Å²) in [4.78, 5) is 36.9. The van der Waals surface area contributed by atoms with Crippen molar-refractivity contribution in [2.45, 2.75) is 57.9 Å². The van der Waals surface area contributed by atoms with Crippen LogP contribution < -0.4 is 21.3 Å². The van der Waals surface area contributed by atoms with Crippen LogP contribution in [0.5, 0.6) is 0 Å². The summed E-state index contributed by atoms with van der Waals surface area (Å²) < 4.78 is 0. The predicted octanol–water partition coefficient (Wildman–Crippen LogP) is 4.46.